The molecule has 1 saturated heterocycles. The quantitative estimate of drug-likeness (QED) is 0.309. The van der Waals surface area contributed by atoms with Gasteiger partial charge in [-0.2, -0.15) is 5.10 Å². The number of likely N-dealkylation sites (tertiary alicyclic amines) is 1. The van der Waals surface area contributed by atoms with Crippen molar-refractivity contribution in [2.24, 2.45) is 0 Å². The van der Waals surface area contributed by atoms with Gasteiger partial charge in [-0.05, 0) is 49.9 Å². The minimum absolute atomic E-state index is 0.0671. The first-order valence-corrected chi connectivity index (χ1v) is 12.6. The van der Waals surface area contributed by atoms with Crippen LogP contribution in [0.1, 0.15) is 12.0 Å². The normalized spacial score (nSPS) is 17.2. The Labute approximate surface area is 227 Å². The highest BCUT2D eigenvalue weighted by Gasteiger charge is 2.46. The average molecular weight is 549 g/mol. The number of alkyl halides is 2. The van der Waals surface area contributed by atoms with E-state index < -0.39 is 18.6 Å². The van der Waals surface area contributed by atoms with Gasteiger partial charge >= 0.3 is 0 Å². The number of methoxy groups -OCH3 is 1. The molecule has 11 nitrogen and oxygen atoms in total. The summed E-state index contributed by atoms with van der Waals surface area (Å²) in [5, 5.41) is 7.79. The number of fused-ring (bicyclic) bond motifs is 2. The Balaban J connectivity index is 1.31. The molecule has 1 fully saturated rings. The van der Waals surface area contributed by atoms with Crippen LogP contribution >= 0.6 is 0 Å². The van der Waals surface area contributed by atoms with Gasteiger partial charge in [-0.25, -0.2) is 33.2 Å². The van der Waals surface area contributed by atoms with Crippen LogP contribution < -0.4 is 19.5 Å². The Morgan fingerprint density at radius 3 is 2.75 bits per heavy atom. The molecule has 0 saturated carbocycles. The number of nitrogens with one attached hydrogen (secondary N) is 1. The highest BCUT2D eigenvalue weighted by atomic mass is 19.3. The number of hydrogen-bond acceptors (Lipinski definition) is 10. The van der Waals surface area contributed by atoms with Crippen molar-refractivity contribution in [3.63, 3.8) is 0 Å². The number of anilines is 2. The molecule has 13 heteroatoms. The van der Waals surface area contributed by atoms with Crippen LogP contribution in [0.3, 0.4) is 0 Å². The maximum atomic E-state index is 14.9. The largest absolute Gasteiger partial charge is 0.478 e. The van der Waals surface area contributed by atoms with Crippen LogP contribution in [-0.4, -0.2) is 73.7 Å². The zero-order valence-corrected chi connectivity index (χ0v) is 22.0. The molecule has 40 heavy (non-hydrogen) atoms. The minimum Gasteiger partial charge on any atom is -0.478 e. The van der Waals surface area contributed by atoms with Gasteiger partial charge in [-0.15, -0.1) is 0 Å². The number of rotatable bonds is 7. The number of aromatic nitrogens is 6. The summed E-state index contributed by atoms with van der Waals surface area (Å²) in [6, 6.07) is 9.18. The van der Waals surface area contributed by atoms with Gasteiger partial charge in [0.15, 0.2) is 17.5 Å². The molecule has 6 rings (SSSR count). The van der Waals surface area contributed by atoms with Gasteiger partial charge in [0.2, 0.25) is 0 Å². The molecule has 206 valence electrons. The van der Waals surface area contributed by atoms with Crippen LogP contribution in [0, 0.1) is 6.92 Å². The van der Waals surface area contributed by atoms with Gasteiger partial charge in [-0.3, -0.25) is 0 Å². The molecule has 1 aromatic carbocycles. The molecule has 5 heterocycles. The second-order valence-electron chi connectivity index (χ2n) is 9.61. The van der Waals surface area contributed by atoms with E-state index in [0.29, 0.717) is 40.5 Å². The Morgan fingerprint density at radius 1 is 1.07 bits per heavy atom. The van der Waals surface area contributed by atoms with Gasteiger partial charge in [0, 0.05) is 18.7 Å². The fourth-order valence-corrected chi connectivity index (χ4v) is 4.70. The maximum absolute atomic E-state index is 14.9. The summed E-state index contributed by atoms with van der Waals surface area (Å²) in [4.78, 5) is 18.6. The molecule has 4 aromatic heterocycles. The zero-order valence-electron chi connectivity index (χ0n) is 22.0. The molecule has 0 aliphatic carbocycles. The van der Waals surface area contributed by atoms with E-state index in [9.17, 15) is 8.78 Å². The smallest absolute Gasteiger partial charge is 0.296 e. The van der Waals surface area contributed by atoms with E-state index in [-0.39, 0.29) is 18.1 Å². The molecule has 0 amide bonds. The van der Waals surface area contributed by atoms with Crippen LogP contribution in [0.25, 0.3) is 16.6 Å². The number of benzene rings is 1. The van der Waals surface area contributed by atoms with Gasteiger partial charge in [0.25, 0.3) is 11.8 Å². The number of aryl methyl sites for hydroxylation is 1. The number of hydrogen-bond donors (Lipinski definition) is 1. The van der Waals surface area contributed by atoms with E-state index in [4.69, 9.17) is 14.2 Å². The van der Waals surface area contributed by atoms with E-state index in [0.717, 1.165) is 11.2 Å². The molecular formula is C27H26F2N8O3. The first-order valence-electron chi connectivity index (χ1n) is 12.6. The lowest BCUT2D eigenvalue weighted by Crippen LogP contribution is -2.52. The maximum Gasteiger partial charge on any atom is 0.296 e. The summed E-state index contributed by atoms with van der Waals surface area (Å²) >= 11 is 0. The summed E-state index contributed by atoms with van der Waals surface area (Å²) in [5.41, 5.74) is 2.69. The summed E-state index contributed by atoms with van der Waals surface area (Å²) in [5.74, 6) is -1.30. The van der Waals surface area contributed by atoms with Crippen molar-refractivity contribution in [2.75, 3.05) is 32.6 Å². The van der Waals surface area contributed by atoms with Crippen molar-refractivity contribution in [1.82, 2.24) is 34.4 Å². The lowest BCUT2D eigenvalue weighted by atomic mass is 10.0. The molecular weight excluding hydrogens is 522 g/mol. The van der Waals surface area contributed by atoms with Crippen LogP contribution in [0.4, 0.5) is 20.3 Å². The van der Waals surface area contributed by atoms with Crippen LogP contribution in [0.15, 0.2) is 55.4 Å². The van der Waals surface area contributed by atoms with Gasteiger partial charge in [0.1, 0.15) is 30.0 Å². The first kappa shape index (κ1) is 25.6. The Kier molecular flexibility index (Phi) is 6.50. The number of halogens is 2. The SMILES string of the molecule is COc1ncc2ncnc(Nc3ccc(Oc4ccc5ncnn5c4)c(C)c3)c2c1O[C@H]1CCN(C)CC1(F)F. The number of pyridine rings is 2. The van der Waals surface area contributed by atoms with Crippen molar-refractivity contribution in [1.29, 1.82) is 0 Å². The van der Waals surface area contributed by atoms with E-state index in [1.165, 1.54) is 26.0 Å². The van der Waals surface area contributed by atoms with Gasteiger partial charge < -0.3 is 24.4 Å². The highest BCUT2D eigenvalue weighted by molar-refractivity contribution is 5.96. The van der Waals surface area contributed by atoms with Crippen molar-refractivity contribution in [2.45, 2.75) is 25.4 Å². The standard InChI is InChI=1S/C27H26F2N8O3/c1-16-10-17(4-6-20(16)39-18-5-7-22-32-15-34-37(22)12-18)35-25-23-19(31-14-33-25)11-30-26(38-3)24(23)40-21-8-9-36(2)13-27(21,28)29/h4-7,10-12,14-15,21H,8-9,13H2,1-3H3,(H,31,33,35)/t21-/m0/s1. The van der Waals surface area contributed by atoms with Gasteiger partial charge in [0.05, 0.1) is 37.0 Å². The fraction of sp³-hybridized carbons (Fsp3) is 0.296. The molecule has 1 N–H and O–H groups in total. The summed E-state index contributed by atoms with van der Waals surface area (Å²) in [7, 11) is 3.07. The summed E-state index contributed by atoms with van der Waals surface area (Å²) < 4.78 is 48.8. The molecule has 1 atom stereocenters. The van der Waals surface area contributed by atoms with Crippen LogP contribution in [0.2, 0.25) is 0 Å². The van der Waals surface area contributed by atoms with Crippen LogP contribution in [-0.2, 0) is 0 Å². The molecule has 0 radical (unpaired) electrons. The van der Waals surface area contributed by atoms with Gasteiger partial charge in [-0.1, -0.05) is 0 Å². The summed E-state index contributed by atoms with van der Waals surface area (Å²) in [6.45, 7) is 1.99. The Bertz CT molecular complexity index is 1700. The third kappa shape index (κ3) is 4.91. The average Bonchev–Trinajstić information content (AvgIpc) is 3.39. The predicted octanol–water partition coefficient (Wildman–Crippen LogP) is 4.64. The molecule has 1 aliphatic rings. The topological polar surface area (TPSA) is 112 Å². The second-order valence-corrected chi connectivity index (χ2v) is 9.61. The molecule has 5 aromatic rings. The number of ether oxygens (including phenoxy) is 3. The van der Waals surface area contributed by atoms with E-state index in [1.807, 2.05) is 37.3 Å². The van der Waals surface area contributed by atoms with E-state index in [2.05, 4.69) is 30.4 Å². The molecule has 1 aliphatic heterocycles. The first-order chi connectivity index (χ1) is 19.3. The number of piperidine rings is 1. The van der Waals surface area contributed by atoms with Crippen molar-refractivity contribution < 1.29 is 23.0 Å². The predicted molar refractivity (Wildman–Crippen MR) is 143 cm³/mol. The van der Waals surface area contributed by atoms with Crippen LogP contribution in [0.5, 0.6) is 23.1 Å². The van der Waals surface area contributed by atoms with Crippen molar-refractivity contribution >= 4 is 28.1 Å². The number of nitrogens with zero attached hydrogens (tertiary/aromatic N) is 7. The minimum atomic E-state index is -3.06. The van der Waals surface area contributed by atoms with Crippen molar-refractivity contribution in [3.8, 4) is 23.1 Å². The van der Waals surface area contributed by atoms with E-state index in [1.54, 1.807) is 22.7 Å². The molecule has 0 bridgehead atoms. The lowest BCUT2D eigenvalue weighted by molar-refractivity contribution is -0.135. The summed E-state index contributed by atoms with van der Waals surface area (Å²) in [6.07, 6.45) is 4.88. The third-order valence-electron chi connectivity index (χ3n) is 6.69. The lowest BCUT2D eigenvalue weighted by Gasteiger charge is -2.36. The zero-order chi connectivity index (χ0) is 27.9. The van der Waals surface area contributed by atoms with Crippen molar-refractivity contribution in [3.05, 3.63) is 60.9 Å². The highest BCUT2D eigenvalue weighted by Crippen LogP contribution is 2.41. The Morgan fingerprint density at radius 2 is 1.95 bits per heavy atom. The second kappa shape index (κ2) is 10.2. The third-order valence-corrected chi connectivity index (χ3v) is 6.69. The van der Waals surface area contributed by atoms with E-state index >= 15 is 0 Å². The monoisotopic (exact) mass is 548 g/mol. The molecule has 0 unspecified atom stereocenters. The molecule has 0 spiro atoms. The fourth-order valence-electron chi connectivity index (χ4n) is 4.70. The Hall–Kier alpha value is -4.65.